The van der Waals surface area contributed by atoms with Crippen molar-refractivity contribution >= 4 is 60.2 Å². The maximum atomic E-state index is 14.1. The van der Waals surface area contributed by atoms with Crippen molar-refractivity contribution in [1.29, 1.82) is 0 Å². The second-order valence-corrected chi connectivity index (χ2v) is 16.2. The maximum absolute atomic E-state index is 14.1. The first-order valence-electron chi connectivity index (χ1n) is 19.0. The summed E-state index contributed by atoms with van der Waals surface area (Å²) >= 11 is 3.37. The molecule has 10 rings (SSSR count). The number of fused-ring (bicyclic) bond motifs is 2. The van der Waals surface area contributed by atoms with Gasteiger partial charge in [0.05, 0.1) is 20.4 Å². The highest BCUT2D eigenvalue weighted by atomic mass is 32.1. The molecule has 8 aromatic carbocycles. The van der Waals surface area contributed by atoms with Gasteiger partial charge in [-0.25, -0.2) is 18.7 Å². The van der Waals surface area contributed by atoms with E-state index >= 15 is 0 Å². The quantitative estimate of drug-likeness (QED) is 0.136. The van der Waals surface area contributed by atoms with Gasteiger partial charge in [0.1, 0.15) is 21.6 Å². The van der Waals surface area contributed by atoms with Crippen LogP contribution in [0.25, 0.3) is 52.7 Å². The van der Waals surface area contributed by atoms with E-state index in [2.05, 4.69) is 114 Å². The topological polar surface area (TPSA) is 29.0 Å². The first-order chi connectivity index (χ1) is 28.5. The minimum Gasteiger partial charge on any atom is -0.311 e. The van der Waals surface area contributed by atoms with E-state index in [1.54, 1.807) is 34.8 Å². The van der Waals surface area contributed by atoms with Crippen molar-refractivity contribution in [3.63, 3.8) is 0 Å². The molecule has 0 spiro atoms. The lowest BCUT2D eigenvalue weighted by Crippen LogP contribution is -2.09. The van der Waals surface area contributed by atoms with Gasteiger partial charge in [0.25, 0.3) is 0 Å². The first-order valence-corrected chi connectivity index (χ1v) is 20.6. The summed E-state index contributed by atoms with van der Waals surface area (Å²) in [6.45, 7) is 0. The van der Waals surface area contributed by atoms with Crippen LogP contribution in [0.2, 0.25) is 0 Å². The monoisotopic (exact) mass is 789 g/mol. The zero-order valence-corrected chi connectivity index (χ0v) is 32.6. The number of nitrogens with zero attached hydrogens (tertiary/aromatic N) is 3. The lowest BCUT2D eigenvalue weighted by Gasteiger charge is -2.26. The zero-order chi connectivity index (χ0) is 39.0. The molecule has 0 saturated carbocycles. The molecular formula is C51H33F2N3S2. The van der Waals surface area contributed by atoms with Gasteiger partial charge >= 0.3 is 0 Å². The van der Waals surface area contributed by atoms with Crippen LogP contribution in [-0.4, -0.2) is 9.97 Å². The molecule has 278 valence electrons. The average Bonchev–Trinajstić information content (AvgIpc) is 3.92. The molecule has 7 heteroatoms. The van der Waals surface area contributed by atoms with E-state index in [-0.39, 0.29) is 17.6 Å². The Balaban J connectivity index is 0.936. The second kappa shape index (κ2) is 15.3. The highest BCUT2D eigenvalue weighted by Crippen LogP contribution is 2.39. The second-order valence-electron chi connectivity index (χ2n) is 14.1. The van der Waals surface area contributed by atoms with Gasteiger partial charge in [0, 0.05) is 34.1 Å². The molecule has 2 heterocycles. The molecule has 0 N–H and O–H groups in total. The van der Waals surface area contributed by atoms with E-state index in [1.165, 1.54) is 24.3 Å². The Morgan fingerprint density at radius 3 is 1.12 bits per heavy atom. The molecule has 0 saturated heterocycles. The van der Waals surface area contributed by atoms with Crippen LogP contribution in [0.1, 0.15) is 22.6 Å². The van der Waals surface area contributed by atoms with Crippen LogP contribution in [0.3, 0.4) is 0 Å². The molecule has 0 fully saturated rings. The Labute approximate surface area is 342 Å². The van der Waals surface area contributed by atoms with Crippen LogP contribution in [0.4, 0.5) is 25.8 Å². The molecule has 10 aromatic rings. The summed E-state index contributed by atoms with van der Waals surface area (Å²) in [6, 6.07) is 63.7. The number of thiazole rings is 2. The molecule has 3 nitrogen and oxygen atoms in total. The summed E-state index contributed by atoms with van der Waals surface area (Å²) < 4.78 is 30.5. The number of hydrogen-bond donors (Lipinski definition) is 0. The number of anilines is 3. The molecule has 0 bridgehead atoms. The van der Waals surface area contributed by atoms with Crippen LogP contribution >= 0.6 is 22.7 Å². The molecule has 58 heavy (non-hydrogen) atoms. The van der Waals surface area contributed by atoms with Crippen molar-refractivity contribution in [2.24, 2.45) is 0 Å². The Morgan fingerprint density at radius 1 is 0.362 bits per heavy atom. The van der Waals surface area contributed by atoms with E-state index in [0.29, 0.717) is 0 Å². The van der Waals surface area contributed by atoms with Crippen LogP contribution < -0.4 is 4.90 Å². The van der Waals surface area contributed by atoms with Gasteiger partial charge < -0.3 is 4.90 Å². The third-order valence-electron chi connectivity index (χ3n) is 10.4. The Morgan fingerprint density at radius 2 is 0.690 bits per heavy atom. The summed E-state index contributed by atoms with van der Waals surface area (Å²) in [5.74, 6) is -0.629. The molecule has 0 aliphatic carbocycles. The van der Waals surface area contributed by atoms with Crippen LogP contribution in [0, 0.1) is 11.6 Å². The minimum absolute atomic E-state index is 0.0910. The number of rotatable bonds is 9. The summed E-state index contributed by atoms with van der Waals surface area (Å²) in [6.07, 6.45) is 0. The van der Waals surface area contributed by atoms with Gasteiger partial charge in [-0.1, -0.05) is 97.1 Å². The van der Waals surface area contributed by atoms with Gasteiger partial charge in [-0.2, -0.15) is 0 Å². The van der Waals surface area contributed by atoms with Crippen molar-refractivity contribution in [3.8, 4) is 32.3 Å². The summed E-state index contributed by atoms with van der Waals surface area (Å²) in [4.78, 5) is 11.8. The van der Waals surface area contributed by atoms with Crippen molar-refractivity contribution in [2.45, 2.75) is 5.92 Å². The van der Waals surface area contributed by atoms with E-state index in [9.17, 15) is 8.78 Å². The van der Waals surface area contributed by atoms with E-state index in [1.807, 2.05) is 48.5 Å². The Kier molecular flexibility index (Phi) is 9.37. The van der Waals surface area contributed by atoms with Gasteiger partial charge in [-0.3, -0.25) is 0 Å². The van der Waals surface area contributed by atoms with Crippen LogP contribution in [0.5, 0.6) is 0 Å². The van der Waals surface area contributed by atoms with Gasteiger partial charge in [0.2, 0.25) is 0 Å². The largest absolute Gasteiger partial charge is 0.311 e. The van der Waals surface area contributed by atoms with Gasteiger partial charge in [-0.15, -0.1) is 22.7 Å². The molecular weight excluding hydrogens is 757 g/mol. The molecule has 1 atom stereocenters. The Bertz CT molecular complexity index is 2720. The fourth-order valence-electron chi connectivity index (χ4n) is 7.50. The highest BCUT2D eigenvalue weighted by Gasteiger charge is 2.19. The summed E-state index contributed by atoms with van der Waals surface area (Å²) in [5.41, 5.74) is 12.2. The van der Waals surface area contributed by atoms with Crippen LogP contribution in [0.15, 0.2) is 194 Å². The van der Waals surface area contributed by atoms with Crippen LogP contribution in [-0.2, 0) is 0 Å². The first kappa shape index (κ1) is 35.6. The lowest BCUT2D eigenvalue weighted by molar-refractivity contribution is 0.626. The number of para-hydroxylation sites is 2. The molecule has 1 unspecified atom stereocenters. The van der Waals surface area contributed by atoms with E-state index in [4.69, 9.17) is 9.97 Å². The maximum Gasteiger partial charge on any atom is 0.124 e. The fraction of sp³-hybridized carbons (Fsp3) is 0.0196. The SMILES string of the molecule is Fc1ccc(C(c2ccc(-c3ccc(N(c4ccc(F)cc4)c4ccc(-c5nc6ccccc6s5)cc4)cc3)cc2)c2ccc(-c3nc4ccccc4s3)cc2)cc1. The molecule has 0 amide bonds. The summed E-state index contributed by atoms with van der Waals surface area (Å²) in [5, 5.41) is 1.96. The zero-order valence-electron chi connectivity index (χ0n) is 31.0. The fourth-order valence-corrected chi connectivity index (χ4v) is 9.45. The normalized spacial score (nSPS) is 11.9. The number of halogens is 2. The van der Waals surface area contributed by atoms with Crippen molar-refractivity contribution in [1.82, 2.24) is 9.97 Å². The number of benzene rings is 8. The van der Waals surface area contributed by atoms with E-state index in [0.717, 1.165) is 86.5 Å². The third-order valence-corrected chi connectivity index (χ3v) is 12.6. The van der Waals surface area contributed by atoms with Crippen molar-refractivity contribution in [2.75, 3.05) is 4.90 Å². The van der Waals surface area contributed by atoms with Crippen molar-refractivity contribution in [3.05, 3.63) is 222 Å². The Hall–Kier alpha value is -6.80. The predicted octanol–water partition coefficient (Wildman–Crippen LogP) is 14.8. The smallest absolute Gasteiger partial charge is 0.124 e. The number of aromatic nitrogens is 2. The van der Waals surface area contributed by atoms with E-state index < -0.39 is 0 Å². The summed E-state index contributed by atoms with van der Waals surface area (Å²) in [7, 11) is 0. The van der Waals surface area contributed by atoms with Gasteiger partial charge in [-0.05, 0) is 125 Å². The molecule has 0 aliphatic rings. The molecule has 0 radical (unpaired) electrons. The predicted molar refractivity (Wildman–Crippen MR) is 238 cm³/mol. The average molecular weight is 790 g/mol. The highest BCUT2D eigenvalue weighted by molar-refractivity contribution is 7.22. The third kappa shape index (κ3) is 7.06. The number of hydrogen-bond acceptors (Lipinski definition) is 5. The standard InChI is InChI=1S/C51H33F2N3S2/c52-40-23-17-37(18-24-40)49(36-13-15-38(16-14-36)50-54-45-5-1-3-7-47(45)57-50)35-11-9-33(10-12-35)34-19-27-42(28-20-34)56(44-31-25-41(53)26-32-44)43-29-21-39(22-30-43)51-55-46-6-2-4-8-48(46)58-51/h1-32,49H. The molecule has 0 aliphatic heterocycles. The van der Waals surface area contributed by atoms with Crippen molar-refractivity contribution < 1.29 is 8.78 Å². The molecule has 2 aromatic heterocycles. The minimum atomic E-state index is -0.281. The lowest BCUT2D eigenvalue weighted by atomic mass is 9.84. The van der Waals surface area contributed by atoms with Gasteiger partial charge in [0.15, 0.2) is 0 Å².